The van der Waals surface area contributed by atoms with Crippen LogP contribution in [0.2, 0.25) is 0 Å². The van der Waals surface area contributed by atoms with Crippen LogP contribution in [-0.4, -0.2) is 10.8 Å². The van der Waals surface area contributed by atoms with Crippen LogP contribution in [0.25, 0.3) is 0 Å². The van der Waals surface area contributed by atoms with E-state index in [4.69, 9.17) is 6.42 Å². The summed E-state index contributed by atoms with van der Waals surface area (Å²) in [4.78, 5) is 14.1. The Kier molecular flexibility index (Phi) is 2.81. The fraction of sp³-hybridized carbons (Fsp3) is 0.118. The Labute approximate surface area is 112 Å². The van der Waals surface area contributed by atoms with E-state index >= 15 is 0 Å². The average Bonchev–Trinajstić information content (AvgIpc) is 2.77. The minimum absolute atomic E-state index is 0.108. The Morgan fingerprint density at radius 2 is 1.84 bits per heavy atom. The van der Waals surface area contributed by atoms with Gasteiger partial charge in [-0.1, -0.05) is 36.3 Å². The Bertz CT molecular complexity index is 664. The summed E-state index contributed by atoms with van der Waals surface area (Å²) in [6.45, 7) is 1.31. The highest BCUT2D eigenvalue weighted by molar-refractivity contribution is 5.98. The lowest BCUT2D eigenvalue weighted by Crippen LogP contribution is -2.23. The molecule has 2 heteroatoms. The van der Waals surface area contributed by atoms with Crippen molar-refractivity contribution >= 4 is 5.91 Å². The van der Waals surface area contributed by atoms with E-state index in [2.05, 4.69) is 5.92 Å². The smallest absolute Gasteiger partial charge is 0.254 e. The monoisotopic (exact) mass is 247 g/mol. The van der Waals surface area contributed by atoms with Gasteiger partial charge in [-0.2, -0.15) is 0 Å². The molecule has 1 amide bonds. The molecule has 1 aliphatic heterocycles. The van der Waals surface area contributed by atoms with Crippen LogP contribution < -0.4 is 0 Å². The molecule has 0 aromatic heterocycles. The first kappa shape index (κ1) is 11.6. The summed E-state index contributed by atoms with van der Waals surface area (Å²) in [5.41, 5.74) is 3.88. The molecule has 0 aliphatic carbocycles. The van der Waals surface area contributed by atoms with E-state index < -0.39 is 0 Å². The zero-order chi connectivity index (χ0) is 13.2. The number of nitrogens with zero attached hydrogens (tertiary/aromatic N) is 1. The zero-order valence-electron chi connectivity index (χ0n) is 10.5. The minimum atomic E-state index is 0.108. The third-order valence-electron chi connectivity index (χ3n) is 3.39. The highest BCUT2D eigenvalue weighted by Crippen LogP contribution is 2.23. The van der Waals surface area contributed by atoms with Crippen molar-refractivity contribution < 1.29 is 4.79 Å². The summed E-state index contributed by atoms with van der Waals surface area (Å²) in [7, 11) is 0. The van der Waals surface area contributed by atoms with E-state index in [0.29, 0.717) is 13.1 Å². The quantitative estimate of drug-likeness (QED) is 0.747. The van der Waals surface area contributed by atoms with Crippen molar-refractivity contribution in [1.29, 1.82) is 0 Å². The van der Waals surface area contributed by atoms with Crippen LogP contribution in [-0.2, 0) is 13.1 Å². The molecule has 3 rings (SSSR count). The molecule has 0 bridgehead atoms. The van der Waals surface area contributed by atoms with E-state index in [1.54, 1.807) is 0 Å². The van der Waals surface area contributed by atoms with Gasteiger partial charge < -0.3 is 4.90 Å². The van der Waals surface area contributed by atoms with E-state index in [1.165, 1.54) is 0 Å². The van der Waals surface area contributed by atoms with Gasteiger partial charge in [-0.15, -0.1) is 6.42 Å². The van der Waals surface area contributed by atoms with Crippen LogP contribution in [0.15, 0.2) is 48.5 Å². The first-order chi connectivity index (χ1) is 9.28. The van der Waals surface area contributed by atoms with Crippen molar-refractivity contribution in [2.45, 2.75) is 13.1 Å². The number of terminal acetylenes is 1. The van der Waals surface area contributed by atoms with Crippen molar-refractivity contribution in [3.8, 4) is 12.3 Å². The maximum atomic E-state index is 12.2. The summed E-state index contributed by atoms with van der Waals surface area (Å²) in [5.74, 6) is 2.70. The van der Waals surface area contributed by atoms with Gasteiger partial charge in [0.25, 0.3) is 5.91 Å². The maximum Gasteiger partial charge on any atom is 0.254 e. The molecule has 0 fully saturated rings. The van der Waals surface area contributed by atoms with Gasteiger partial charge >= 0.3 is 0 Å². The second-order valence-corrected chi connectivity index (χ2v) is 4.66. The molecular formula is C17H13NO. The zero-order valence-corrected chi connectivity index (χ0v) is 10.5. The molecule has 0 radical (unpaired) electrons. The normalized spacial score (nSPS) is 13.2. The molecule has 2 aromatic carbocycles. The van der Waals surface area contributed by atoms with Crippen molar-refractivity contribution in [2.75, 3.05) is 0 Å². The molecule has 0 saturated heterocycles. The van der Waals surface area contributed by atoms with E-state index in [0.717, 1.165) is 22.3 Å². The predicted octanol–water partition coefficient (Wildman–Crippen LogP) is 2.82. The van der Waals surface area contributed by atoms with E-state index in [1.807, 2.05) is 53.4 Å². The van der Waals surface area contributed by atoms with Gasteiger partial charge in [0, 0.05) is 24.2 Å². The summed E-state index contributed by atoms with van der Waals surface area (Å²) >= 11 is 0. The number of hydrogen-bond donors (Lipinski definition) is 0. The van der Waals surface area contributed by atoms with E-state index in [9.17, 15) is 4.79 Å². The number of rotatable bonds is 2. The average molecular weight is 247 g/mol. The molecular weight excluding hydrogens is 234 g/mol. The molecule has 0 unspecified atom stereocenters. The van der Waals surface area contributed by atoms with Crippen LogP contribution in [0, 0.1) is 12.3 Å². The fourth-order valence-corrected chi connectivity index (χ4v) is 2.37. The van der Waals surface area contributed by atoms with Gasteiger partial charge in [-0.3, -0.25) is 4.79 Å². The largest absolute Gasteiger partial charge is 0.330 e. The lowest BCUT2D eigenvalue weighted by Gasteiger charge is -2.15. The Hall–Kier alpha value is -2.53. The van der Waals surface area contributed by atoms with Crippen molar-refractivity contribution in [3.63, 3.8) is 0 Å². The van der Waals surface area contributed by atoms with Gasteiger partial charge in [0.1, 0.15) is 0 Å². The lowest BCUT2D eigenvalue weighted by molar-refractivity contribution is 0.0766. The Balaban J connectivity index is 1.79. The number of fused-ring (bicyclic) bond motifs is 1. The van der Waals surface area contributed by atoms with Crippen LogP contribution in [0.5, 0.6) is 0 Å². The molecule has 0 N–H and O–H groups in total. The van der Waals surface area contributed by atoms with Gasteiger partial charge in [-0.05, 0) is 29.3 Å². The summed E-state index contributed by atoms with van der Waals surface area (Å²) < 4.78 is 0. The second-order valence-electron chi connectivity index (χ2n) is 4.66. The summed E-state index contributed by atoms with van der Waals surface area (Å²) in [6.07, 6.45) is 5.33. The number of amides is 1. The number of carbonyl (C=O) groups is 1. The SMILES string of the molecule is C#Cc1ccc(CN2Cc3ccccc3C2=O)cc1. The van der Waals surface area contributed by atoms with Crippen molar-refractivity contribution in [3.05, 3.63) is 70.8 Å². The molecule has 2 aromatic rings. The van der Waals surface area contributed by atoms with Gasteiger partial charge in [-0.25, -0.2) is 0 Å². The van der Waals surface area contributed by atoms with Crippen molar-refractivity contribution in [2.24, 2.45) is 0 Å². The molecule has 0 atom stereocenters. The third-order valence-corrected chi connectivity index (χ3v) is 3.39. The predicted molar refractivity (Wildman–Crippen MR) is 74.4 cm³/mol. The highest BCUT2D eigenvalue weighted by Gasteiger charge is 2.26. The molecule has 1 aliphatic rings. The highest BCUT2D eigenvalue weighted by atomic mass is 16.2. The summed E-state index contributed by atoms with van der Waals surface area (Å²) in [5, 5.41) is 0. The van der Waals surface area contributed by atoms with Crippen LogP contribution in [0.3, 0.4) is 0 Å². The molecule has 0 saturated carbocycles. The Morgan fingerprint density at radius 3 is 2.53 bits per heavy atom. The van der Waals surface area contributed by atoms with Crippen LogP contribution >= 0.6 is 0 Å². The number of benzene rings is 2. The van der Waals surface area contributed by atoms with Gasteiger partial charge in [0.05, 0.1) is 0 Å². The van der Waals surface area contributed by atoms with Gasteiger partial charge in [0.2, 0.25) is 0 Å². The van der Waals surface area contributed by atoms with Crippen LogP contribution in [0.1, 0.15) is 27.0 Å². The Morgan fingerprint density at radius 1 is 1.11 bits per heavy atom. The second kappa shape index (κ2) is 4.62. The first-order valence-corrected chi connectivity index (χ1v) is 6.20. The number of carbonyl (C=O) groups excluding carboxylic acids is 1. The first-order valence-electron chi connectivity index (χ1n) is 6.20. The van der Waals surface area contributed by atoms with E-state index in [-0.39, 0.29) is 5.91 Å². The summed E-state index contributed by atoms with van der Waals surface area (Å²) in [6, 6.07) is 15.5. The van der Waals surface area contributed by atoms with Crippen LogP contribution in [0.4, 0.5) is 0 Å². The maximum absolute atomic E-state index is 12.2. The van der Waals surface area contributed by atoms with Crippen molar-refractivity contribution in [1.82, 2.24) is 4.90 Å². The molecule has 19 heavy (non-hydrogen) atoms. The molecule has 2 nitrogen and oxygen atoms in total. The van der Waals surface area contributed by atoms with Gasteiger partial charge in [0.15, 0.2) is 0 Å². The lowest BCUT2D eigenvalue weighted by atomic mass is 10.1. The standard InChI is InChI=1S/C17H13NO/c1-2-13-7-9-14(10-8-13)11-18-12-15-5-3-4-6-16(15)17(18)19/h1,3-10H,11-12H2. The minimum Gasteiger partial charge on any atom is -0.330 e. The topological polar surface area (TPSA) is 20.3 Å². The number of hydrogen-bond acceptors (Lipinski definition) is 1. The third kappa shape index (κ3) is 2.11. The molecule has 0 spiro atoms. The molecule has 92 valence electrons. The fourth-order valence-electron chi connectivity index (χ4n) is 2.37. The molecule has 1 heterocycles.